The van der Waals surface area contributed by atoms with Crippen LogP contribution in [0.2, 0.25) is 0 Å². The van der Waals surface area contributed by atoms with E-state index in [0.717, 1.165) is 25.1 Å². The highest BCUT2D eigenvalue weighted by atomic mass is 19.1. The summed E-state index contributed by atoms with van der Waals surface area (Å²) in [5.41, 5.74) is 3.29. The minimum absolute atomic E-state index is 0.154. The van der Waals surface area contributed by atoms with Crippen LogP contribution >= 0.6 is 0 Å². The van der Waals surface area contributed by atoms with E-state index in [9.17, 15) is 9.18 Å². The van der Waals surface area contributed by atoms with Gasteiger partial charge in [-0.25, -0.2) is 9.18 Å². The zero-order valence-corrected chi connectivity index (χ0v) is 12.6. The van der Waals surface area contributed by atoms with Crippen molar-refractivity contribution in [1.82, 2.24) is 5.32 Å². The van der Waals surface area contributed by atoms with E-state index in [2.05, 4.69) is 22.0 Å². The van der Waals surface area contributed by atoms with Crippen molar-refractivity contribution in [3.63, 3.8) is 0 Å². The number of halogens is 1. The first kappa shape index (κ1) is 15.2. The van der Waals surface area contributed by atoms with Gasteiger partial charge < -0.3 is 16.0 Å². The number of carbonyl (C=O) groups excluding carboxylic acids is 1. The Morgan fingerprint density at radius 1 is 1.04 bits per heavy atom. The molecule has 1 heterocycles. The fourth-order valence-electron chi connectivity index (χ4n) is 2.50. The van der Waals surface area contributed by atoms with Crippen molar-refractivity contribution in [2.45, 2.75) is 6.42 Å². The van der Waals surface area contributed by atoms with Gasteiger partial charge in [-0.15, -0.1) is 0 Å². The molecule has 0 bridgehead atoms. The van der Waals surface area contributed by atoms with E-state index in [-0.39, 0.29) is 5.69 Å². The summed E-state index contributed by atoms with van der Waals surface area (Å²) in [6.45, 7) is 1.87. The third-order valence-electron chi connectivity index (χ3n) is 3.70. The van der Waals surface area contributed by atoms with E-state index in [4.69, 9.17) is 0 Å². The normalized spacial score (nSPS) is 14.0. The molecule has 2 aromatic carbocycles. The molecule has 1 aliphatic heterocycles. The molecule has 0 fully saturated rings. The lowest BCUT2D eigenvalue weighted by Gasteiger charge is -2.14. The Balaban J connectivity index is 1.63. The maximum absolute atomic E-state index is 13.5. The van der Waals surface area contributed by atoms with E-state index in [1.54, 1.807) is 12.1 Å². The molecule has 0 spiro atoms. The van der Waals surface area contributed by atoms with Gasteiger partial charge in [-0.3, -0.25) is 0 Å². The number of hydrogen-bond acceptors (Lipinski definition) is 2. The molecule has 1 aliphatic rings. The Bertz CT molecular complexity index is 725. The fraction of sp³-hybridized carbons (Fsp3) is 0.167. The molecule has 2 aromatic rings. The Morgan fingerprint density at radius 2 is 1.83 bits per heavy atom. The monoisotopic (exact) mass is 311 g/mol. The average molecular weight is 311 g/mol. The standard InChI is InChI=1S/C18H18FN3O/c19-16-3-1-2-4-17(16)22-18(23)21-15-7-5-13(6-8-15)14-9-11-20-12-10-14/h1-9,20H,10-12H2,(H2,21,22,23). The first-order chi connectivity index (χ1) is 11.2. The fourth-order valence-corrected chi connectivity index (χ4v) is 2.50. The molecule has 0 unspecified atom stereocenters. The highest BCUT2D eigenvalue weighted by Gasteiger charge is 2.08. The molecule has 3 rings (SSSR count). The largest absolute Gasteiger partial charge is 0.323 e. The molecule has 0 radical (unpaired) electrons. The molecule has 0 saturated heterocycles. The third-order valence-corrected chi connectivity index (χ3v) is 3.70. The van der Waals surface area contributed by atoms with Crippen LogP contribution in [-0.4, -0.2) is 19.1 Å². The van der Waals surface area contributed by atoms with E-state index < -0.39 is 11.8 Å². The van der Waals surface area contributed by atoms with Crippen LogP contribution in [0.3, 0.4) is 0 Å². The number of carbonyl (C=O) groups is 1. The molecule has 5 heteroatoms. The SMILES string of the molecule is O=C(Nc1ccc(C2=CCNCC2)cc1)Nc1ccccc1F. The molecule has 4 nitrogen and oxygen atoms in total. The summed E-state index contributed by atoms with van der Waals surface area (Å²) in [6, 6.07) is 13.2. The molecular formula is C18H18FN3O. The number of hydrogen-bond donors (Lipinski definition) is 3. The lowest BCUT2D eigenvalue weighted by molar-refractivity contribution is 0.262. The Hall–Kier alpha value is -2.66. The summed E-state index contributed by atoms with van der Waals surface area (Å²) in [6.07, 6.45) is 3.18. The smallest absolute Gasteiger partial charge is 0.313 e. The van der Waals surface area contributed by atoms with Crippen LogP contribution in [0.25, 0.3) is 5.57 Å². The van der Waals surface area contributed by atoms with Crippen molar-refractivity contribution >= 4 is 23.0 Å². The maximum Gasteiger partial charge on any atom is 0.323 e. The van der Waals surface area contributed by atoms with Gasteiger partial charge in [0.1, 0.15) is 5.82 Å². The number of anilines is 2. The first-order valence-corrected chi connectivity index (χ1v) is 7.55. The summed E-state index contributed by atoms with van der Waals surface area (Å²) in [7, 11) is 0. The van der Waals surface area contributed by atoms with Crippen molar-refractivity contribution in [1.29, 1.82) is 0 Å². The highest BCUT2D eigenvalue weighted by molar-refractivity contribution is 5.99. The zero-order chi connectivity index (χ0) is 16.1. The van der Waals surface area contributed by atoms with Crippen LogP contribution in [0.4, 0.5) is 20.6 Å². The highest BCUT2D eigenvalue weighted by Crippen LogP contribution is 2.21. The molecular weight excluding hydrogens is 293 g/mol. The third kappa shape index (κ3) is 3.96. The second-order valence-electron chi connectivity index (χ2n) is 5.32. The lowest BCUT2D eigenvalue weighted by atomic mass is 10.0. The number of nitrogens with one attached hydrogen (secondary N) is 3. The minimum Gasteiger partial charge on any atom is -0.313 e. The predicted octanol–water partition coefficient (Wildman–Crippen LogP) is 3.85. The lowest BCUT2D eigenvalue weighted by Crippen LogP contribution is -2.20. The minimum atomic E-state index is -0.469. The number of benzene rings is 2. The molecule has 2 amide bonds. The Morgan fingerprint density at radius 3 is 2.52 bits per heavy atom. The number of amides is 2. The van der Waals surface area contributed by atoms with Crippen molar-refractivity contribution < 1.29 is 9.18 Å². The quantitative estimate of drug-likeness (QED) is 0.806. The zero-order valence-electron chi connectivity index (χ0n) is 12.6. The molecule has 0 saturated carbocycles. The molecule has 118 valence electrons. The van der Waals surface area contributed by atoms with E-state index in [1.165, 1.54) is 17.7 Å². The van der Waals surface area contributed by atoms with Gasteiger partial charge in [0, 0.05) is 12.2 Å². The molecule has 0 atom stereocenters. The average Bonchev–Trinajstić information content (AvgIpc) is 2.58. The maximum atomic E-state index is 13.5. The van der Waals surface area contributed by atoms with Crippen molar-refractivity contribution in [2.75, 3.05) is 23.7 Å². The molecule has 0 aromatic heterocycles. The first-order valence-electron chi connectivity index (χ1n) is 7.55. The molecule has 0 aliphatic carbocycles. The van der Waals surface area contributed by atoms with Crippen LogP contribution < -0.4 is 16.0 Å². The number of rotatable bonds is 3. The topological polar surface area (TPSA) is 53.2 Å². The van der Waals surface area contributed by atoms with Gasteiger partial charge in [0.15, 0.2) is 0 Å². The number of urea groups is 1. The van der Waals surface area contributed by atoms with Gasteiger partial charge in [0.25, 0.3) is 0 Å². The second-order valence-corrected chi connectivity index (χ2v) is 5.32. The van der Waals surface area contributed by atoms with E-state index in [0.29, 0.717) is 5.69 Å². The summed E-state index contributed by atoms with van der Waals surface area (Å²) in [5.74, 6) is -0.462. The Kier molecular flexibility index (Phi) is 4.68. The van der Waals surface area contributed by atoms with Crippen LogP contribution in [0.1, 0.15) is 12.0 Å². The van der Waals surface area contributed by atoms with Crippen molar-refractivity contribution in [3.8, 4) is 0 Å². The van der Waals surface area contributed by atoms with Crippen LogP contribution in [0.5, 0.6) is 0 Å². The van der Waals surface area contributed by atoms with Gasteiger partial charge in [-0.05, 0) is 48.4 Å². The van der Waals surface area contributed by atoms with E-state index in [1.807, 2.05) is 24.3 Å². The van der Waals surface area contributed by atoms with Gasteiger partial charge in [-0.2, -0.15) is 0 Å². The van der Waals surface area contributed by atoms with Gasteiger partial charge in [0.05, 0.1) is 5.69 Å². The molecule has 23 heavy (non-hydrogen) atoms. The summed E-state index contributed by atoms with van der Waals surface area (Å²) in [4.78, 5) is 11.9. The summed E-state index contributed by atoms with van der Waals surface area (Å²) in [5, 5.41) is 8.47. The van der Waals surface area contributed by atoms with Crippen molar-refractivity contribution in [2.24, 2.45) is 0 Å². The van der Waals surface area contributed by atoms with Crippen LogP contribution in [-0.2, 0) is 0 Å². The summed E-state index contributed by atoms with van der Waals surface area (Å²) < 4.78 is 13.5. The van der Waals surface area contributed by atoms with Crippen molar-refractivity contribution in [3.05, 3.63) is 66.0 Å². The van der Waals surface area contributed by atoms with Crippen LogP contribution in [0.15, 0.2) is 54.6 Å². The Labute approximate surface area is 134 Å². The van der Waals surface area contributed by atoms with Crippen LogP contribution in [0, 0.1) is 5.82 Å². The van der Waals surface area contributed by atoms with Gasteiger partial charge in [-0.1, -0.05) is 30.3 Å². The second kappa shape index (κ2) is 7.07. The molecule has 3 N–H and O–H groups in total. The predicted molar refractivity (Wildman–Crippen MR) is 90.9 cm³/mol. The van der Waals surface area contributed by atoms with Gasteiger partial charge in [0.2, 0.25) is 0 Å². The summed E-state index contributed by atoms with van der Waals surface area (Å²) >= 11 is 0. The van der Waals surface area contributed by atoms with E-state index >= 15 is 0 Å². The number of para-hydroxylation sites is 1. The van der Waals surface area contributed by atoms with Gasteiger partial charge >= 0.3 is 6.03 Å².